The molecule has 0 amide bonds. The number of rotatable bonds is 4. The molecule has 0 spiro atoms. The number of hydrogen-bond donors (Lipinski definition) is 0. The van der Waals surface area contributed by atoms with Crippen LogP contribution in [0.1, 0.15) is 123 Å². The van der Waals surface area contributed by atoms with Crippen LogP contribution in [-0.4, -0.2) is 0 Å². The van der Waals surface area contributed by atoms with Crippen molar-refractivity contribution >= 4 is 30.1 Å². The maximum absolute atomic E-state index is 12.5. The highest BCUT2D eigenvalue weighted by molar-refractivity contribution is 7.36. The van der Waals surface area contributed by atoms with Crippen LogP contribution in [0.2, 0.25) is 0 Å². The van der Waals surface area contributed by atoms with Crippen LogP contribution in [-0.2, 0) is 31.8 Å². The summed E-state index contributed by atoms with van der Waals surface area (Å²) < 4.78 is 6.09. The predicted octanol–water partition coefficient (Wildman–Crippen LogP) is 9.41. The van der Waals surface area contributed by atoms with Crippen LogP contribution in [0.25, 0.3) is 21.5 Å². The van der Waals surface area contributed by atoms with E-state index < -0.39 is 14.2 Å². The molecule has 0 aliphatic rings. The molecule has 0 unspecified atom stereocenters. The Morgan fingerprint density at radius 1 is 0.429 bits per heavy atom. The molecule has 0 saturated carbocycles. The molecule has 0 bridgehead atoms. The summed E-state index contributed by atoms with van der Waals surface area (Å²) in [6.07, 6.45) is 0. The van der Waals surface area contributed by atoms with Crippen molar-refractivity contribution in [3.63, 3.8) is 0 Å². The normalized spacial score (nSPS) is 13.9. The van der Waals surface area contributed by atoms with Gasteiger partial charge in [-0.1, -0.05) is 132 Å². The van der Waals surface area contributed by atoms with Gasteiger partial charge in [-0.15, -0.1) is 0 Å². The molecule has 226 valence electrons. The van der Waals surface area contributed by atoms with Gasteiger partial charge in [0.15, 0.2) is 0 Å². The summed E-state index contributed by atoms with van der Waals surface area (Å²) in [5.74, 6) is 0. The van der Waals surface area contributed by atoms with E-state index in [0.717, 1.165) is 43.8 Å². The zero-order valence-electron chi connectivity index (χ0n) is 27.9. The Bertz CT molecular complexity index is 1500. The first-order chi connectivity index (χ1) is 19.0. The van der Waals surface area contributed by atoms with E-state index in [-0.39, 0.29) is 21.7 Å². The second kappa shape index (κ2) is 10.7. The molecule has 0 aromatic heterocycles. The average molecular weight is 585 g/mol. The molecule has 3 nitrogen and oxygen atoms in total. The van der Waals surface area contributed by atoms with Gasteiger partial charge in [0.05, 0.1) is 0 Å². The second-order valence-electron chi connectivity index (χ2n) is 16.3. The lowest BCUT2D eigenvalue weighted by Gasteiger charge is -2.45. The quantitative estimate of drug-likeness (QED) is 0.225. The highest BCUT2D eigenvalue weighted by Gasteiger charge is 2.39. The molecule has 0 aliphatic heterocycles. The molecule has 4 rings (SSSR count). The van der Waals surface area contributed by atoms with Crippen LogP contribution >= 0.6 is 8.60 Å². The summed E-state index contributed by atoms with van der Waals surface area (Å²) in [5.41, 5.74) is 4.71. The van der Waals surface area contributed by atoms with Gasteiger partial charge in [0.25, 0.3) is 0 Å². The zero-order valence-corrected chi connectivity index (χ0v) is 28.8. The molecular formula is C38H49O3P-2. The Hall–Kier alpha value is -2.29. The maximum atomic E-state index is 12.5. The second-order valence-corrected chi connectivity index (χ2v) is 16.9. The fraction of sp³-hybridized carbons (Fsp3) is 0.474. The molecule has 4 aromatic rings. The van der Waals surface area contributed by atoms with Crippen molar-refractivity contribution in [1.29, 1.82) is 0 Å². The topological polar surface area (TPSA) is 55.3 Å². The largest absolute Gasteiger partial charge is 0.820 e. The summed E-state index contributed by atoms with van der Waals surface area (Å²) in [6, 6.07) is 22.0. The van der Waals surface area contributed by atoms with E-state index in [4.69, 9.17) is 4.52 Å². The van der Waals surface area contributed by atoms with Crippen LogP contribution in [0.4, 0.5) is 0 Å². The Kier molecular flexibility index (Phi) is 8.31. The minimum atomic E-state index is -3.16. The van der Waals surface area contributed by atoms with Crippen LogP contribution < -0.4 is 9.79 Å². The van der Waals surface area contributed by atoms with Gasteiger partial charge in [0.1, 0.15) is 5.60 Å². The third-order valence-corrected chi connectivity index (χ3v) is 9.10. The van der Waals surface area contributed by atoms with Crippen molar-refractivity contribution in [1.82, 2.24) is 0 Å². The van der Waals surface area contributed by atoms with Crippen molar-refractivity contribution in [3.05, 3.63) is 94.0 Å². The first-order valence-electron chi connectivity index (χ1n) is 15.0. The molecule has 0 N–H and O–H groups in total. The van der Waals surface area contributed by atoms with Gasteiger partial charge < -0.3 is 14.3 Å². The lowest BCUT2D eigenvalue weighted by Crippen LogP contribution is -2.35. The molecule has 42 heavy (non-hydrogen) atoms. The van der Waals surface area contributed by atoms with Crippen molar-refractivity contribution < 1.29 is 14.3 Å². The van der Waals surface area contributed by atoms with Gasteiger partial charge >= 0.3 is 0 Å². The van der Waals surface area contributed by atoms with Crippen LogP contribution in [0.3, 0.4) is 0 Å². The van der Waals surface area contributed by atoms with E-state index in [2.05, 4.69) is 144 Å². The SMILES string of the molecule is CC(C)(C)c1ccc2cc(C(C)(OP([O-])[O-])c3cc4ccc(C(C)(C)C)cc4cc3C(C)(C)C)c(C(C)(C)C)cc2c1. The molecule has 0 radical (unpaired) electrons. The molecule has 4 heteroatoms. The Morgan fingerprint density at radius 3 is 1.05 bits per heavy atom. The molecule has 0 fully saturated rings. The first kappa shape index (κ1) is 32.6. The first-order valence-corrected chi connectivity index (χ1v) is 16.1. The minimum absolute atomic E-state index is 0.0207. The number of fused-ring (bicyclic) bond motifs is 2. The van der Waals surface area contributed by atoms with Gasteiger partial charge in [-0.2, -0.15) is 8.60 Å². The standard InChI is InChI=1S/C38H49O3P/c1-34(2,3)28-16-14-24-20-32(30(36(7,8)9)22-26(24)18-28)38(13,41-42(39)40)33-21-25-15-17-29(35(4,5)6)19-27(25)23-31(33)37(10,11)12/h14-23H,1-13H3/q-2. The highest BCUT2D eigenvalue weighted by Crippen LogP contribution is 2.49. The Balaban J connectivity index is 2.12. The van der Waals surface area contributed by atoms with E-state index >= 15 is 0 Å². The Morgan fingerprint density at radius 2 is 0.762 bits per heavy atom. The number of benzene rings is 4. The molecule has 0 aliphatic carbocycles. The van der Waals surface area contributed by atoms with E-state index in [0.29, 0.717) is 0 Å². The van der Waals surface area contributed by atoms with E-state index in [1.54, 1.807) is 0 Å². The molecule has 0 saturated heterocycles. The minimum Gasteiger partial charge on any atom is -0.820 e. The fourth-order valence-electron chi connectivity index (χ4n) is 5.95. The van der Waals surface area contributed by atoms with Crippen molar-refractivity contribution in [2.75, 3.05) is 0 Å². The summed E-state index contributed by atoms with van der Waals surface area (Å²) in [6.45, 7) is 28.4. The average Bonchev–Trinajstić information content (AvgIpc) is 2.83. The summed E-state index contributed by atoms with van der Waals surface area (Å²) in [4.78, 5) is 25.1. The van der Waals surface area contributed by atoms with Crippen LogP contribution in [0.15, 0.2) is 60.7 Å². The summed E-state index contributed by atoms with van der Waals surface area (Å²) in [7, 11) is -3.16. The molecule has 0 atom stereocenters. The summed E-state index contributed by atoms with van der Waals surface area (Å²) >= 11 is 0. The smallest absolute Gasteiger partial charge is 0.117 e. The van der Waals surface area contributed by atoms with Crippen molar-refractivity contribution in [2.45, 2.75) is 117 Å². The predicted molar refractivity (Wildman–Crippen MR) is 177 cm³/mol. The molecule has 0 heterocycles. The van der Waals surface area contributed by atoms with Gasteiger partial charge in [0, 0.05) is 0 Å². The fourth-order valence-corrected chi connectivity index (χ4v) is 6.45. The monoisotopic (exact) mass is 584 g/mol. The van der Waals surface area contributed by atoms with Crippen molar-refractivity contribution in [3.8, 4) is 0 Å². The van der Waals surface area contributed by atoms with Crippen LogP contribution in [0.5, 0.6) is 0 Å². The third-order valence-electron chi connectivity index (χ3n) is 8.59. The Labute approximate surface area is 255 Å². The van der Waals surface area contributed by atoms with Gasteiger partial charge in [-0.05, 0) is 95.6 Å². The van der Waals surface area contributed by atoms with Gasteiger partial charge in [-0.25, -0.2) is 0 Å². The van der Waals surface area contributed by atoms with E-state index in [1.165, 1.54) is 11.1 Å². The third kappa shape index (κ3) is 6.46. The van der Waals surface area contributed by atoms with Gasteiger partial charge in [-0.3, -0.25) is 0 Å². The maximum Gasteiger partial charge on any atom is 0.117 e. The van der Waals surface area contributed by atoms with Crippen molar-refractivity contribution in [2.24, 2.45) is 0 Å². The lowest BCUT2D eigenvalue weighted by molar-refractivity contribution is -0.324. The zero-order chi connectivity index (χ0) is 31.6. The van der Waals surface area contributed by atoms with Gasteiger partial charge in [0.2, 0.25) is 0 Å². The number of hydrogen-bond acceptors (Lipinski definition) is 3. The van der Waals surface area contributed by atoms with E-state index in [1.807, 2.05) is 6.92 Å². The van der Waals surface area contributed by atoms with E-state index in [9.17, 15) is 9.79 Å². The summed E-state index contributed by atoms with van der Waals surface area (Å²) in [5, 5.41) is 4.42. The molecule has 4 aromatic carbocycles. The van der Waals surface area contributed by atoms with Crippen LogP contribution in [0, 0.1) is 0 Å². The highest BCUT2D eigenvalue weighted by atomic mass is 31.2. The molecular weight excluding hydrogens is 535 g/mol. The lowest BCUT2D eigenvalue weighted by atomic mass is 9.71.